The molecule has 0 unspecified atom stereocenters. The Morgan fingerprint density at radius 3 is 2.89 bits per heavy atom. The van der Waals surface area contributed by atoms with Crippen LogP contribution < -0.4 is 19.7 Å². The minimum absolute atomic E-state index is 0.0101. The summed E-state index contributed by atoms with van der Waals surface area (Å²) in [7, 11) is 0. The molecule has 1 N–H and O–H groups in total. The number of ether oxygens (including phenoxy) is 4. The third kappa shape index (κ3) is 5.55. The molecule has 0 spiro atoms. The first-order valence-electron chi connectivity index (χ1n) is 17.8. The lowest BCUT2D eigenvalue weighted by Crippen LogP contribution is -2.43. The number of thiophene rings is 1. The Balaban J connectivity index is 1.22. The predicted molar refractivity (Wildman–Crippen MR) is 193 cm³/mol. The van der Waals surface area contributed by atoms with Gasteiger partial charge in [-0.1, -0.05) is 17.7 Å². The van der Waals surface area contributed by atoms with Gasteiger partial charge in [-0.25, -0.2) is 18.0 Å². The summed E-state index contributed by atoms with van der Waals surface area (Å²) in [6, 6.07) is 4.30. The fraction of sp³-hybridized carbons (Fsp3) is 0.514. The second-order valence-corrected chi connectivity index (χ2v) is 16.9. The number of amides is 1. The van der Waals surface area contributed by atoms with Crippen LogP contribution in [0.4, 0.5) is 28.8 Å². The van der Waals surface area contributed by atoms with Crippen molar-refractivity contribution in [3.8, 4) is 29.0 Å². The molecule has 0 radical (unpaired) electrons. The molecule has 4 fully saturated rings. The highest BCUT2D eigenvalue weighted by Gasteiger charge is 2.51. The summed E-state index contributed by atoms with van der Waals surface area (Å²) in [4.78, 5) is 26.5. The van der Waals surface area contributed by atoms with Crippen molar-refractivity contribution < 1.29 is 36.9 Å². The quantitative estimate of drug-likeness (QED) is 0.216. The normalized spacial score (nSPS) is 26.3. The molecule has 5 aliphatic heterocycles. The average Bonchev–Trinajstić information content (AvgIpc) is 3.89. The van der Waals surface area contributed by atoms with Gasteiger partial charge in [-0.2, -0.15) is 15.2 Å². The summed E-state index contributed by atoms with van der Waals surface area (Å²) in [5, 5.41) is 13.2. The van der Waals surface area contributed by atoms with Crippen molar-refractivity contribution in [2.75, 3.05) is 43.1 Å². The largest absolute Gasteiger partial charge is 0.489 e. The number of nitrogens with one attached hydrogen (secondary N) is 1. The second kappa shape index (κ2) is 12.5. The van der Waals surface area contributed by atoms with Gasteiger partial charge in [0.05, 0.1) is 44.4 Å². The molecule has 1 amide bonds. The maximum Gasteiger partial charge on any atom is 0.412 e. The minimum Gasteiger partial charge on any atom is -0.489 e. The van der Waals surface area contributed by atoms with Crippen LogP contribution in [0.5, 0.6) is 11.8 Å². The molecule has 2 aromatic heterocycles. The van der Waals surface area contributed by atoms with Crippen molar-refractivity contribution in [3.05, 3.63) is 34.4 Å². The number of benzene rings is 2. The molecule has 5 atom stereocenters. The zero-order valence-electron chi connectivity index (χ0n) is 29.2. The standard InChI is InChI=1S/C37H36ClF3N6O5S/c1-36(2,3)52-35(48)45-33-20(13-42)24-19(5-6-21(40)31(24)53-33)25-27(38)30-26-29(28(25)41)43-34(51-16-37-8-4-9-46(37)14-17(39)12-37)44-32(26)47-18(15-50-30)11-23-22(47)7-10-49-23/h5-6,17-18,22-23H,4,7-12,14-16H2,1-3H3,(H,45,48)/t17-,18+,22+,23+,37+/m1/s1. The van der Waals surface area contributed by atoms with Crippen LogP contribution in [0.25, 0.3) is 32.1 Å². The molecule has 53 heavy (non-hydrogen) atoms. The summed E-state index contributed by atoms with van der Waals surface area (Å²) in [6.07, 6.45) is 1.58. The zero-order chi connectivity index (χ0) is 37.0. The van der Waals surface area contributed by atoms with E-state index in [0.29, 0.717) is 31.8 Å². The van der Waals surface area contributed by atoms with E-state index in [2.05, 4.69) is 26.2 Å². The Bertz CT molecular complexity index is 2240. The highest BCUT2D eigenvalue weighted by atomic mass is 35.5. The van der Waals surface area contributed by atoms with Crippen LogP contribution in [0, 0.1) is 23.0 Å². The number of hydrogen-bond acceptors (Lipinski definition) is 11. The van der Waals surface area contributed by atoms with Crippen LogP contribution in [0.3, 0.4) is 0 Å². The van der Waals surface area contributed by atoms with Gasteiger partial charge < -0.3 is 23.8 Å². The van der Waals surface area contributed by atoms with Crippen LogP contribution in [-0.2, 0) is 9.47 Å². The van der Waals surface area contributed by atoms with Gasteiger partial charge in [0.2, 0.25) is 0 Å². The molecule has 7 heterocycles. The number of halogens is 4. The van der Waals surface area contributed by atoms with E-state index in [0.717, 1.165) is 43.2 Å². The first-order chi connectivity index (χ1) is 25.4. The van der Waals surface area contributed by atoms with Crippen LogP contribution in [-0.4, -0.2) is 89.4 Å². The molecule has 0 saturated carbocycles. The Morgan fingerprint density at radius 1 is 1.26 bits per heavy atom. The van der Waals surface area contributed by atoms with Crippen molar-refractivity contribution in [2.24, 2.45) is 0 Å². The number of carbonyl (C=O) groups is 1. The molecule has 278 valence electrons. The maximum absolute atomic E-state index is 17.5. The van der Waals surface area contributed by atoms with Crippen LogP contribution in [0.15, 0.2) is 12.1 Å². The van der Waals surface area contributed by atoms with Crippen LogP contribution >= 0.6 is 22.9 Å². The third-order valence-electron chi connectivity index (χ3n) is 11.1. The van der Waals surface area contributed by atoms with E-state index >= 15 is 8.78 Å². The van der Waals surface area contributed by atoms with Gasteiger partial charge in [-0.15, -0.1) is 11.3 Å². The van der Waals surface area contributed by atoms with Crippen molar-refractivity contribution >= 4 is 60.8 Å². The summed E-state index contributed by atoms with van der Waals surface area (Å²) in [6.45, 7) is 7.10. The number of carbonyl (C=O) groups excluding carboxylic acids is 1. The molecule has 4 saturated heterocycles. The molecule has 16 heteroatoms. The molecule has 4 aromatic rings. The predicted octanol–water partition coefficient (Wildman–Crippen LogP) is 7.75. The number of fused-ring (bicyclic) bond motifs is 6. The Labute approximate surface area is 311 Å². The number of nitrogens with zero attached hydrogens (tertiary/aromatic N) is 5. The highest BCUT2D eigenvalue weighted by molar-refractivity contribution is 7.23. The number of rotatable bonds is 5. The Kier molecular flexibility index (Phi) is 8.16. The number of hydrogen-bond donors (Lipinski definition) is 1. The van der Waals surface area contributed by atoms with Crippen LogP contribution in [0.2, 0.25) is 5.02 Å². The second-order valence-electron chi connectivity index (χ2n) is 15.5. The molecule has 9 rings (SSSR count). The zero-order valence-corrected chi connectivity index (χ0v) is 30.8. The van der Waals surface area contributed by atoms with Gasteiger partial charge in [0, 0.05) is 30.5 Å². The third-order valence-corrected chi connectivity index (χ3v) is 12.5. The Hall–Kier alpha value is -4.10. The number of nitriles is 1. The van der Waals surface area contributed by atoms with Gasteiger partial charge in [-0.3, -0.25) is 10.2 Å². The minimum atomic E-state index is -0.963. The summed E-state index contributed by atoms with van der Waals surface area (Å²) in [5.41, 5.74) is -1.60. The lowest BCUT2D eigenvalue weighted by Gasteiger charge is -2.31. The lowest BCUT2D eigenvalue weighted by atomic mass is 9.95. The molecule has 5 aliphatic rings. The number of alkyl halides is 1. The maximum atomic E-state index is 17.5. The van der Waals surface area contributed by atoms with Gasteiger partial charge in [-0.05, 0) is 64.6 Å². The van der Waals surface area contributed by atoms with Crippen LogP contribution in [0.1, 0.15) is 58.4 Å². The van der Waals surface area contributed by atoms with E-state index in [9.17, 15) is 14.4 Å². The highest BCUT2D eigenvalue weighted by Crippen LogP contribution is 2.53. The Morgan fingerprint density at radius 2 is 2.09 bits per heavy atom. The summed E-state index contributed by atoms with van der Waals surface area (Å²) >= 11 is 7.96. The van der Waals surface area contributed by atoms with E-state index < -0.39 is 35.0 Å². The van der Waals surface area contributed by atoms with Gasteiger partial charge in [0.15, 0.2) is 11.6 Å². The van der Waals surface area contributed by atoms with Crippen molar-refractivity contribution in [2.45, 2.75) is 88.4 Å². The average molecular weight is 769 g/mol. The number of anilines is 2. The van der Waals surface area contributed by atoms with Crippen molar-refractivity contribution in [3.63, 3.8) is 0 Å². The van der Waals surface area contributed by atoms with E-state index in [-0.39, 0.29) is 90.9 Å². The molecular weight excluding hydrogens is 733 g/mol. The van der Waals surface area contributed by atoms with Gasteiger partial charge in [0.25, 0.3) is 0 Å². The van der Waals surface area contributed by atoms with E-state index in [1.54, 1.807) is 20.8 Å². The number of aromatic nitrogens is 2. The monoisotopic (exact) mass is 768 g/mol. The lowest BCUT2D eigenvalue weighted by molar-refractivity contribution is 0.0636. The summed E-state index contributed by atoms with van der Waals surface area (Å²) in [5.74, 6) is -0.965. The van der Waals surface area contributed by atoms with Crippen molar-refractivity contribution in [1.29, 1.82) is 5.26 Å². The van der Waals surface area contributed by atoms with Crippen molar-refractivity contribution in [1.82, 2.24) is 14.9 Å². The molecule has 2 aromatic carbocycles. The fourth-order valence-corrected chi connectivity index (χ4v) is 10.4. The topological polar surface area (TPSA) is 122 Å². The van der Waals surface area contributed by atoms with E-state index in [1.807, 2.05) is 0 Å². The first-order valence-corrected chi connectivity index (χ1v) is 19.0. The molecule has 0 bridgehead atoms. The SMILES string of the molecule is CC(C)(C)OC(=O)Nc1sc2c(F)ccc(-c3c(Cl)c4c5c(nc(OC[C@@]67CCCN6C[C@H](F)C7)nc5c3F)N3[C@H](CO4)C[C@@H]4OCC[C@@H]43)c2c1C#N. The van der Waals surface area contributed by atoms with E-state index in [1.165, 1.54) is 6.07 Å². The fourth-order valence-electron chi connectivity index (χ4n) is 8.97. The van der Waals surface area contributed by atoms with Gasteiger partial charge in [0.1, 0.15) is 53.2 Å². The molecular formula is C37H36ClF3N6O5S. The summed E-state index contributed by atoms with van der Waals surface area (Å²) < 4.78 is 71.8. The molecule has 11 nitrogen and oxygen atoms in total. The molecule has 0 aliphatic carbocycles. The first kappa shape index (κ1) is 34.7. The smallest absolute Gasteiger partial charge is 0.412 e. The van der Waals surface area contributed by atoms with Gasteiger partial charge >= 0.3 is 12.1 Å². The van der Waals surface area contributed by atoms with E-state index in [4.69, 9.17) is 35.5 Å².